The molecule has 0 spiro atoms. The highest BCUT2D eigenvalue weighted by atomic mass is 16.5. The lowest BCUT2D eigenvalue weighted by atomic mass is 9.96. The van der Waals surface area contributed by atoms with Crippen LogP contribution < -0.4 is 10.2 Å². The molecule has 3 unspecified atom stereocenters. The summed E-state index contributed by atoms with van der Waals surface area (Å²) in [6, 6.07) is 9.73. The Kier molecular flexibility index (Phi) is 6.98. The number of anilines is 2. The molecule has 2 fully saturated rings. The second-order valence-corrected chi connectivity index (χ2v) is 9.52. The SMILES string of the molecule is Cc1cc(C)cc(C(=O)N2CCCC(C(=O)Nc3ccc(N4CC(C)OC(C)C4)nc3)C2)c1. The zero-order valence-corrected chi connectivity index (χ0v) is 20.0. The molecule has 2 aliphatic rings. The molecule has 0 radical (unpaired) electrons. The van der Waals surface area contributed by atoms with E-state index < -0.39 is 0 Å². The van der Waals surface area contributed by atoms with Gasteiger partial charge in [-0.25, -0.2) is 4.98 Å². The van der Waals surface area contributed by atoms with E-state index in [1.54, 1.807) is 6.20 Å². The number of nitrogens with zero attached hydrogens (tertiary/aromatic N) is 3. The molecule has 0 aliphatic carbocycles. The van der Waals surface area contributed by atoms with Gasteiger partial charge >= 0.3 is 0 Å². The summed E-state index contributed by atoms with van der Waals surface area (Å²) in [5, 5.41) is 2.99. The van der Waals surface area contributed by atoms with Crippen molar-refractivity contribution in [1.29, 1.82) is 0 Å². The Morgan fingerprint density at radius 1 is 1.03 bits per heavy atom. The molecule has 2 amide bonds. The highest BCUT2D eigenvalue weighted by Crippen LogP contribution is 2.23. The number of benzene rings is 1. The second-order valence-electron chi connectivity index (χ2n) is 9.52. The third-order valence-electron chi connectivity index (χ3n) is 6.31. The molecule has 1 aromatic heterocycles. The number of piperidine rings is 1. The fraction of sp³-hybridized carbons (Fsp3) is 0.500. The lowest BCUT2D eigenvalue weighted by Crippen LogP contribution is -2.45. The second kappa shape index (κ2) is 9.91. The quantitative estimate of drug-likeness (QED) is 0.767. The number of rotatable bonds is 4. The molecule has 33 heavy (non-hydrogen) atoms. The van der Waals surface area contributed by atoms with Crippen molar-refractivity contribution in [3.63, 3.8) is 0 Å². The minimum atomic E-state index is -0.228. The number of ether oxygens (including phenoxy) is 1. The zero-order chi connectivity index (χ0) is 23.5. The molecule has 3 atom stereocenters. The summed E-state index contributed by atoms with van der Waals surface area (Å²) in [6.45, 7) is 10.8. The van der Waals surface area contributed by atoms with Gasteiger partial charge in [-0.1, -0.05) is 17.2 Å². The summed E-state index contributed by atoms with van der Waals surface area (Å²) in [7, 11) is 0. The molecule has 1 aromatic carbocycles. The van der Waals surface area contributed by atoms with Crippen molar-refractivity contribution in [2.24, 2.45) is 5.92 Å². The van der Waals surface area contributed by atoms with Crippen LogP contribution in [-0.2, 0) is 9.53 Å². The van der Waals surface area contributed by atoms with E-state index in [0.29, 0.717) is 24.3 Å². The van der Waals surface area contributed by atoms with E-state index in [1.165, 1.54) is 0 Å². The molecule has 1 N–H and O–H groups in total. The van der Waals surface area contributed by atoms with Crippen molar-refractivity contribution in [1.82, 2.24) is 9.88 Å². The van der Waals surface area contributed by atoms with Crippen molar-refractivity contribution in [3.05, 3.63) is 53.2 Å². The summed E-state index contributed by atoms with van der Waals surface area (Å²) < 4.78 is 5.79. The molecular formula is C26H34N4O3. The first-order valence-corrected chi connectivity index (χ1v) is 11.8. The van der Waals surface area contributed by atoms with Gasteiger partial charge in [-0.3, -0.25) is 9.59 Å². The van der Waals surface area contributed by atoms with Gasteiger partial charge < -0.3 is 19.9 Å². The van der Waals surface area contributed by atoms with Gasteiger partial charge in [-0.05, 0) is 64.8 Å². The van der Waals surface area contributed by atoms with Gasteiger partial charge in [0.1, 0.15) is 5.82 Å². The lowest BCUT2D eigenvalue weighted by Gasteiger charge is -2.36. The Hall–Kier alpha value is -2.93. The number of hydrogen-bond acceptors (Lipinski definition) is 5. The van der Waals surface area contributed by atoms with Gasteiger partial charge in [0.05, 0.1) is 30.0 Å². The van der Waals surface area contributed by atoms with E-state index in [2.05, 4.69) is 35.1 Å². The number of amides is 2. The first kappa shape index (κ1) is 23.2. The van der Waals surface area contributed by atoms with Crippen LogP contribution in [-0.4, -0.2) is 60.1 Å². The Morgan fingerprint density at radius 3 is 2.36 bits per heavy atom. The third-order valence-corrected chi connectivity index (χ3v) is 6.31. The van der Waals surface area contributed by atoms with E-state index in [4.69, 9.17) is 4.74 Å². The Morgan fingerprint density at radius 2 is 1.73 bits per heavy atom. The maximum absolute atomic E-state index is 13.0. The van der Waals surface area contributed by atoms with Gasteiger partial charge in [-0.2, -0.15) is 0 Å². The number of pyridine rings is 1. The third kappa shape index (κ3) is 5.71. The van der Waals surface area contributed by atoms with Crippen LogP contribution in [0.25, 0.3) is 0 Å². The minimum absolute atomic E-state index is 0.000660. The molecule has 7 nitrogen and oxygen atoms in total. The number of carbonyl (C=O) groups is 2. The summed E-state index contributed by atoms with van der Waals surface area (Å²) in [4.78, 5) is 34.6. The van der Waals surface area contributed by atoms with E-state index in [-0.39, 0.29) is 29.9 Å². The van der Waals surface area contributed by atoms with E-state index in [9.17, 15) is 9.59 Å². The monoisotopic (exact) mass is 450 g/mol. The van der Waals surface area contributed by atoms with Crippen LogP contribution in [0.5, 0.6) is 0 Å². The fourth-order valence-electron chi connectivity index (χ4n) is 4.91. The highest BCUT2D eigenvalue weighted by Gasteiger charge is 2.29. The predicted octanol–water partition coefficient (Wildman–Crippen LogP) is 3.80. The van der Waals surface area contributed by atoms with Crippen LogP contribution in [0.15, 0.2) is 36.5 Å². The minimum Gasteiger partial charge on any atom is -0.372 e. The molecule has 4 rings (SSSR count). The van der Waals surface area contributed by atoms with E-state index in [0.717, 1.165) is 42.9 Å². The summed E-state index contributed by atoms with van der Waals surface area (Å²) in [6.07, 6.45) is 3.63. The molecule has 3 heterocycles. The number of carbonyl (C=O) groups excluding carboxylic acids is 2. The van der Waals surface area contributed by atoms with Crippen LogP contribution >= 0.6 is 0 Å². The lowest BCUT2D eigenvalue weighted by molar-refractivity contribution is -0.121. The van der Waals surface area contributed by atoms with Crippen LogP contribution in [0.1, 0.15) is 48.2 Å². The number of aromatic nitrogens is 1. The van der Waals surface area contributed by atoms with Gasteiger partial charge in [-0.15, -0.1) is 0 Å². The predicted molar refractivity (Wildman–Crippen MR) is 130 cm³/mol. The van der Waals surface area contributed by atoms with Gasteiger partial charge in [0.2, 0.25) is 5.91 Å². The first-order valence-electron chi connectivity index (χ1n) is 11.8. The molecular weight excluding hydrogens is 416 g/mol. The standard InChI is InChI=1S/C26H34N4O3/c1-17-10-18(2)12-22(11-17)26(32)29-9-5-6-21(16-29)25(31)28-23-7-8-24(27-13-23)30-14-19(3)33-20(4)15-30/h7-8,10-13,19-21H,5-6,9,14-16H2,1-4H3,(H,28,31). The maximum Gasteiger partial charge on any atom is 0.253 e. The first-order chi connectivity index (χ1) is 15.8. The number of aryl methyl sites for hydroxylation is 2. The molecule has 2 aromatic rings. The average molecular weight is 451 g/mol. The van der Waals surface area contributed by atoms with Gasteiger partial charge in [0, 0.05) is 31.7 Å². The molecule has 0 saturated carbocycles. The van der Waals surface area contributed by atoms with Crippen molar-refractivity contribution < 1.29 is 14.3 Å². The zero-order valence-electron chi connectivity index (χ0n) is 20.0. The Balaban J connectivity index is 1.36. The number of nitrogens with one attached hydrogen (secondary N) is 1. The Bertz CT molecular complexity index is 977. The fourth-order valence-corrected chi connectivity index (χ4v) is 4.91. The Labute approximate surface area is 196 Å². The van der Waals surface area contributed by atoms with Crippen molar-refractivity contribution in [2.45, 2.75) is 52.7 Å². The van der Waals surface area contributed by atoms with Crippen LogP contribution in [0.2, 0.25) is 0 Å². The highest BCUT2D eigenvalue weighted by molar-refractivity contribution is 5.96. The smallest absolute Gasteiger partial charge is 0.253 e. The van der Waals surface area contributed by atoms with Crippen molar-refractivity contribution in [3.8, 4) is 0 Å². The van der Waals surface area contributed by atoms with Gasteiger partial charge in [0.25, 0.3) is 5.91 Å². The number of morpholine rings is 1. The molecule has 176 valence electrons. The summed E-state index contributed by atoms with van der Waals surface area (Å²) >= 11 is 0. The molecule has 2 saturated heterocycles. The van der Waals surface area contributed by atoms with Crippen LogP contribution in [0.3, 0.4) is 0 Å². The molecule has 7 heteroatoms. The van der Waals surface area contributed by atoms with Gasteiger partial charge in [0.15, 0.2) is 0 Å². The van der Waals surface area contributed by atoms with Crippen LogP contribution in [0.4, 0.5) is 11.5 Å². The topological polar surface area (TPSA) is 74.8 Å². The van der Waals surface area contributed by atoms with E-state index >= 15 is 0 Å². The summed E-state index contributed by atoms with van der Waals surface area (Å²) in [5.41, 5.74) is 3.51. The normalized spacial score (nSPS) is 23.3. The largest absolute Gasteiger partial charge is 0.372 e. The number of hydrogen-bond donors (Lipinski definition) is 1. The maximum atomic E-state index is 13.0. The van der Waals surface area contributed by atoms with Crippen molar-refractivity contribution >= 4 is 23.3 Å². The molecule has 0 bridgehead atoms. The number of likely N-dealkylation sites (tertiary alicyclic amines) is 1. The van der Waals surface area contributed by atoms with Crippen molar-refractivity contribution in [2.75, 3.05) is 36.4 Å². The average Bonchev–Trinajstić information content (AvgIpc) is 2.78. The summed E-state index contributed by atoms with van der Waals surface area (Å²) in [5.74, 6) is 0.600. The van der Waals surface area contributed by atoms with E-state index in [1.807, 2.05) is 43.0 Å². The van der Waals surface area contributed by atoms with Crippen LogP contribution in [0, 0.1) is 19.8 Å². The molecule has 2 aliphatic heterocycles.